The summed E-state index contributed by atoms with van der Waals surface area (Å²) in [6.07, 6.45) is 1.13. The number of carbonyl (C=O) groups is 2. The Balaban J connectivity index is 1.83. The second-order valence-corrected chi connectivity index (χ2v) is 9.17. The van der Waals surface area contributed by atoms with Gasteiger partial charge in [-0.3, -0.25) is 19.4 Å². The van der Waals surface area contributed by atoms with Gasteiger partial charge in [-0.2, -0.15) is 10.2 Å². The van der Waals surface area contributed by atoms with Crippen molar-refractivity contribution < 1.29 is 46.6 Å². The zero-order valence-corrected chi connectivity index (χ0v) is 18.2. The fourth-order valence-corrected chi connectivity index (χ4v) is 4.10. The van der Waals surface area contributed by atoms with Crippen molar-refractivity contribution in [2.75, 3.05) is 0 Å². The Hall–Kier alpha value is -2.08. The molecule has 166 valence electrons. The first-order chi connectivity index (χ1) is 13.7. The quantitative estimate of drug-likeness (QED) is 0.476. The molecule has 0 aromatic carbocycles. The molecule has 2 aliphatic rings. The number of azo groups is 2. The highest BCUT2D eigenvalue weighted by atomic mass is 31.2. The summed E-state index contributed by atoms with van der Waals surface area (Å²) in [5.74, 6) is -2.58. The Labute approximate surface area is 170 Å². The molecule has 0 bridgehead atoms. The molecule has 4 atom stereocenters. The molecule has 2 N–H and O–H groups in total. The normalized spacial score (nSPS) is 29.0. The highest BCUT2D eigenvalue weighted by molar-refractivity contribution is 7.48. The number of nitrogens with zero attached hydrogens (tertiary/aromatic N) is 4. The number of hydrogen-bond acceptors (Lipinski definition) is 12. The zero-order chi connectivity index (χ0) is 22.8. The van der Waals surface area contributed by atoms with E-state index in [2.05, 4.69) is 29.5 Å². The molecule has 14 nitrogen and oxygen atoms in total. The molecule has 2 heterocycles. The molecule has 30 heavy (non-hydrogen) atoms. The van der Waals surface area contributed by atoms with Crippen molar-refractivity contribution in [3.05, 3.63) is 23.5 Å². The summed E-state index contributed by atoms with van der Waals surface area (Å²) >= 11 is 0. The first-order valence-corrected chi connectivity index (χ1v) is 11.4. The molecule has 0 saturated carbocycles. The average Bonchev–Trinajstić information content (AvgIpc) is 3.05. The van der Waals surface area contributed by atoms with Gasteiger partial charge in [0.2, 0.25) is 11.4 Å². The molecule has 0 spiro atoms. The fourth-order valence-electron chi connectivity index (χ4n) is 2.07. The third-order valence-corrected chi connectivity index (χ3v) is 6.06. The van der Waals surface area contributed by atoms with Gasteiger partial charge >= 0.3 is 27.6 Å². The maximum Gasteiger partial charge on any atom is 0.532 e. The van der Waals surface area contributed by atoms with Crippen molar-refractivity contribution in [2.24, 2.45) is 20.5 Å². The molecule has 0 radical (unpaired) electrons. The van der Waals surface area contributed by atoms with Gasteiger partial charge in [-0.1, -0.05) is 0 Å². The van der Waals surface area contributed by atoms with E-state index in [4.69, 9.17) is 9.05 Å². The zero-order valence-electron chi connectivity index (χ0n) is 16.4. The lowest BCUT2D eigenvalue weighted by molar-refractivity contribution is -0.143. The molecule has 0 saturated heterocycles. The lowest BCUT2D eigenvalue weighted by atomic mass is 10.1. The van der Waals surface area contributed by atoms with E-state index in [1.165, 1.54) is 40.1 Å². The van der Waals surface area contributed by atoms with Crippen molar-refractivity contribution in [3.8, 4) is 0 Å². The summed E-state index contributed by atoms with van der Waals surface area (Å²) in [7, 11) is -9.78. The van der Waals surface area contributed by atoms with Crippen LogP contribution in [0, 0.1) is 0 Å². The first-order valence-electron chi connectivity index (χ1n) is 8.37. The lowest BCUT2D eigenvalue weighted by Crippen LogP contribution is -2.25. The minimum Gasteiger partial charge on any atom is -0.371 e. The molecule has 2 rings (SSSR count). The summed E-state index contributed by atoms with van der Waals surface area (Å²) < 4.78 is 42.3. The predicted molar refractivity (Wildman–Crippen MR) is 97.3 cm³/mol. The second-order valence-electron chi connectivity index (χ2n) is 6.57. The van der Waals surface area contributed by atoms with E-state index in [9.17, 15) is 28.5 Å². The largest absolute Gasteiger partial charge is 0.532 e. The molecular formula is C14H20N4O10P2. The summed E-state index contributed by atoms with van der Waals surface area (Å²) in [6, 6.07) is 0. The molecule has 0 fully saturated rings. The molecular weight excluding hydrogens is 446 g/mol. The third-order valence-electron chi connectivity index (χ3n) is 4.02. The Kier molecular flexibility index (Phi) is 6.92. The van der Waals surface area contributed by atoms with E-state index >= 15 is 0 Å². The fraction of sp³-hybridized carbons (Fsp3) is 0.571. The van der Waals surface area contributed by atoms with Crippen molar-refractivity contribution in [3.63, 3.8) is 0 Å². The maximum atomic E-state index is 12.0. The molecule has 2 aliphatic heterocycles. The van der Waals surface area contributed by atoms with Crippen molar-refractivity contribution >= 4 is 27.6 Å². The molecule has 0 aromatic heterocycles. The summed E-state index contributed by atoms with van der Waals surface area (Å²) in [4.78, 5) is 42.9. The highest BCUT2D eigenvalue weighted by Gasteiger charge is 2.43. The van der Waals surface area contributed by atoms with Crippen LogP contribution in [0.3, 0.4) is 0 Å². The van der Waals surface area contributed by atoms with Crippen molar-refractivity contribution in [1.82, 2.24) is 0 Å². The van der Waals surface area contributed by atoms with E-state index in [0.29, 0.717) is 11.1 Å². The van der Waals surface area contributed by atoms with Gasteiger partial charge in [0.05, 0.1) is 25.2 Å². The Morgan fingerprint density at radius 3 is 1.47 bits per heavy atom. The van der Waals surface area contributed by atoms with Gasteiger partial charge in [-0.15, -0.1) is 10.2 Å². The van der Waals surface area contributed by atoms with Gasteiger partial charge in [0.25, 0.3) is 0 Å². The smallest absolute Gasteiger partial charge is 0.371 e. The average molecular weight is 466 g/mol. The van der Waals surface area contributed by atoms with Crippen LogP contribution in [0.15, 0.2) is 44.0 Å². The predicted octanol–water partition coefficient (Wildman–Crippen LogP) is 3.26. The van der Waals surface area contributed by atoms with Crippen molar-refractivity contribution in [1.29, 1.82) is 0 Å². The number of carbonyl (C=O) groups excluding carboxylic acids is 2. The molecule has 0 aromatic rings. The first kappa shape index (κ1) is 24.2. The van der Waals surface area contributed by atoms with E-state index in [1.807, 2.05) is 0 Å². The van der Waals surface area contributed by atoms with Crippen LogP contribution in [0.1, 0.15) is 40.5 Å². The van der Waals surface area contributed by atoms with Gasteiger partial charge < -0.3 is 9.05 Å². The number of hydrogen-bond donors (Lipinski definition) is 2. The van der Waals surface area contributed by atoms with E-state index in [-0.39, 0.29) is 0 Å². The topological polar surface area (TPSA) is 195 Å². The number of phosphoric acid groups is 2. The van der Waals surface area contributed by atoms with Crippen molar-refractivity contribution in [2.45, 2.75) is 52.0 Å². The summed E-state index contributed by atoms with van der Waals surface area (Å²) in [6.45, 7) is 5.75. The van der Waals surface area contributed by atoms with Crippen LogP contribution in [-0.4, -0.2) is 33.2 Å². The summed E-state index contributed by atoms with van der Waals surface area (Å²) in [5.41, 5.74) is -2.36. The van der Waals surface area contributed by atoms with Crippen LogP contribution in [0.4, 0.5) is 0 Å². The van der Waals surface area contributed by atoms with E-state index < -0.39 is 51.9 Å². The molecule has 4 unspecified atom stereocenters. The van der Waals surface area contributed by atoms with Gasteiger partial charge in [0.1, 0.15) is 0 Å². The Bertz CT molecular complexity index is 884. The number of phosphoric ester groups is 2. The Morgan fingerprint density at radius 1 is 0.867 bits per heavy atom. The molecule has 16 heteroatoms. The minimum atomic E-state index is -4.89. The van der Waals surface area contributed by atoms with Crippen LogP contribution in [0.5, 0.6) is 0 Å². The molecule has 0 aliphatic carbocycles. The van der Waals surface area contributed by atoms with Gasteiger partial charge in [0, 0.05) is 11.1 Å². The van der Waals surface area contributed by atoms with E-state index in [0.717, 1.165) is 0 Å². The maximum absolute atomic E-state index is 12.0. The van der Waals surface area contributed by atoms with Crippen LogP contribution < -0.4 is 0 Å². The van der Waals surface area contributed by atoms with Gasteiger partial charge in [-0.25, -0.2) is 18.2 Å². The summed E-state index contributed by atoms with van der Waals surface area (Å²) in [5, 5.41) is 14.4. The second kappa shape index (κ2) is 8.58. The van der Waals surface area contributed by atoms with Crippen LogP contribution in [0.2, 0.25) is 0 Å². The number of rotatable bonds is 9. The standard InChI is InChI=1S/C14H20N4O10P2/c1-9-7-15-17-13(9,3)27-29(21,22)25-11(19)5-6-12(20)26-30(23,24)28-14(4)10(2)8-16-18-14/h7-8H,5-6H2,1-4H3,(H,21,22)(H,23,24). The van der Waals surface area contributed by atoms with Gasteiger partial charge in [0.15, 0.2) is 0 Å². The van der Waals surface area contributed by atoms with E-state index in [1.54, 1.807) is 0 Å². The monoisotopic (exact) mass is 466 g/mol. The SMILES string of the molecule is CC1=CN=NC1(C)OP(=O)(O)OC(=O)CCC(=O)OP(=O)(O)OC1(C)N=NC=C1C. The van der Waals surface area contributed by atoms with Crippen LogP contribution in [0.25, 0.3) is 0 Å². The lowest BCUT2D eigenvalue weighted by Gasteiger charge is -2.24. The molecule has 0 amide bonds. The Morgan fingerprint density at radius 2 is 1.20 bits per heavy atom. The third kappa shape index (κ3) is 6.21. The van der Waals surface area contributed by atoms with Gasteiger partial charge in [-0.05, 0) is 27.7 Å². The van der Waals surface area contributed by atoms with Crippen LogP contribution >= 0.6 is 15.6 Å². The highest BCUT2D eigenvalue weighted by Crippen LogP contribution is 2.52. The minimum absolute atomic E-state index is 0.399. The van der Waals surface area contributed by atoms with Crippen LogP contribution in [-0.2, 0) is 36.8 Å².